The van der Waals surface area contributed by atoms with Crippen molar-refractivity contribution in [2.75, 3.05) is 19.7 Å². The van der Waals surface area contributed by atoms with Crippen molar-refractivity contribution in [2.45, 2.75) is 33.2 Å². The van der Waals surface area contributed by atoms with Crippen LogP contribution in [0.2, 0.25) is 0 Å². The van der Waals surface area contributed by atoms with Crippen LogP contribution in [0.3, 0.4) is 0 Å². The van der Waals surface area contributed by atoms with Crippen LogP contribution in [0.25, 0.3) is 10.8 Å². The number of piperidine rings is 1. The van der Waals surface area contributed by atoms with Crippen LogP contribution in [0.4, 0.5) is 0 Å². The number of carbonyl (C=O) groups excluding carboxylic acids is 1. The first-order valence-electron chi connectivity index (χ1n) is 8.91. The van der Waals surface area contributed by atoms with E-state index >= 15 is 0 Å². The lowest BCUT2D eigenvalue weighted by molar-refractivity contribution is 0.0614. The van der Waals surface area contributed by atoms with Crippen molar-refractivity contribution in [3.05, 3.63) is 40.3 Å². The van der Waals surface area contributed by atoms with Gasteiger partial charge in [0.1, 0.15) is 0 Å². The average Bonchev–Trinajstić information content (AvgIpc) is 2.63. The van der Waals surface area contributed by atoms with E-state index in [2.05, 4.69) is 5.10 Å². The number of aromatic nitrogens is 2. The van der Waals surface area contributed by atoms with Crippen molar-refractivity contribution >= 4 is 16.7 Å². The van der Waals surface area contributed by atoms with Crippen LogP contribution in [0, 0.1) is 11.8 Å². The van der Waals surface area contributed by atoms with Crippen LogP contribution >= 0.6 is 0 Å². The Hall–Kier alpha value is -2.21. The molecule has 2 aromatic rings. The molecule has 134 valence electrons. The van der Waals surface area contributed by atoms with E-state index in [9.17, 15) is 14.7 Å². The predicted molar refractivity (Wildman–Crippen MR) is 96.6 cm³/mol. The van der Waals surface area contributed by atoms with E-state index in [1.54, 1.807) is 23.1 Å². The number of aliphatic hydroxyl groups excluding tert-OH is 1. The second-order valence-electron chi connectivity index (χ2n) is 7.22. The van der Waals surface area contributed by atoms with Crippen LogP contribution in [-0.2, 0) is 6.54 Å². The Morgan fingerprint density at radius 1 is 1.32 bits per heavy atom. The highest BCUT2D eigenvalue weighted by Crippen LogP contribution is 2.21. The summed E-state index contributed by atoms with van der Waals surface area (Å²) in [5, 5.41) is 15.0. The smallest absolute Gasteiger partial charge is 0.274 e. The first-order chi connectivity index (χ1) is 12.0. The Kier molecular flexibility index (Phi) is 5.18. The van der Waals surface area contributed by atoms with Crippen LogP contribution < -0.4 is 5.56 Å². The maximum absolute atomic E-state index is 13.1. The molecule has 1 aliphatic heterocycles. The third-order valence-electron chi connectivity index (χ3n) is 4.67. The molecule has 1 fully saturated rings. The first-order valence-corrected chi connectivity index (χ1v) is 8.91. The van der Waals surface area contributed by atoms with E-state index < -0.39 is 0 Å². The second-order valence-corrected chi connectivity index (χ2v) is 7.22. The number of fused-ring (bicyclic) bond motifs is 1. The van der Waals surface area contributed by atoms with Crippen molar-refractivity contribution in [2.24, 2.45) is 11.8 Å². The molecule has 25 heavy (non-hydrogen) atoms. The van der Waals surface area contributed by atoms with Gasteiger partial charge in [-0.25, -0.2) is 4.68 Å². The van der Waals surface area contributed by atoms with Gasteiger partial charge in [0.2, 0.25) is 0 Å². The molecule has 0 bridgehead atoms. The summed E-state index contributed by atoms with van der Waals surface area (Å²) in [4.78, 5) is 27.5. The van der Waals surface area contributed by atoms with E-state index in [1.807, 2.05) is 19.9 Å². The summed E-state index contributed by atoms with van der Waals surface area (Å²) in [6.07, 6.45) is 1.81. The maximum Gasteiger partial charge on any atom is 0.274 e. The standard InChI is InChI=1S/C19H25N3O3/c1-13(2)10-22-18(24)16-8-4-3-7-15(16)17(20-22)19(25)21-9-5-6-14(11-21)12-23/h3-4,7-8,13-14,23H,5-6,9-12H2,1-2H3. The second kappa shape index (κ2) is 7.35. The lowest BCUT2D eigenvalue weighted by Crippen LogP contribution is -2.42. The average molecular weight is 343 g/mol. The number of hydrogen-bond acceptors (Lipinski definition) is 4. The Morgan fingerprint density at radius 3 is 2.72 bits per heavy atom. The number of rotatable bonds is 4. The highest BCUT2D eigenvalue weighted by Gasteiger charge is 2.27. The lowest BCUT2D eigenvalue weighted by atomic mass is 9.98. The molecular formula is C19H25N3O3. The fourth-order valence-electron chi connectivity index (χ4n) is 3.41. The largest absolute Gasteiger partial charge is 0.396 e. The number of nitrogens with zero attached hydrogens (tertiary/aromatic N) is 3. The number of amides is 1. The monoisotopic (exact) mass is 343 g/mol. The van der Waals surface area contributed by atoms with E-state index in [0.717, 1.165) is 12.8 Å². The molecule has 1 amide bonds. The van der Waals surface area contributed by atoms with Crippen molar-refractivity contribution in [1.29, 1.82) is 0 Å². The zero-order chi connectivity index (χ0) is 18.0. The number of carbonyl (C=O) groups is 1. The van der Waals surface area contributed by atoms with Gasteiger partial charge in [-0.15, -0.1) is 0 Å². The quantitative estimate of drug-likeness (QED) is 0.920. The van der Waals surface area contributed by atoms with Gasteiger partial charge < -0.3 is 10.0 Å². The summed E-state index contributed by atoms with van der Waals surface area (Å²) in [7, 11) is 0. The minimum absolute atomic E-state index is 0.0881. The normalized spacial score (nSPS) is 18.1. The van der Waals surface area contributed by atoms with Gasteiger partial charge in [0.15, 0.2) is 5.69 Å². The predicted octanol–water partition coefficient (Wildman–Crippen LogP) is 1.90. The molecular weight excluding hydrogens is 318 g/mol. The Balaban J connectivity index is 2.06. The zero-order valence-electron chi connectivity index (χ0n) is 14.8. The molecule has 0 aliphatic carbocycles. The van der Waals surface area contributed by atoms with E-state index in [0.29, 0.717) is 36.1 Å². The summed E-state index contributed by atoms with van der Waals surface area (Å²) in [5.74, 6) is 0.209. The molecule has 1 atom stereocenters. The third-order valence-corrected chi connectivity index (χ3v) is 4.67. The maximum atomic E-state index is 13.1. The SMILES string of the molecule is CC(C)Cn1nc(C(=O)N2CCCC(CO)C2)c2ccccc2c1=O. The van der Waals surface area contributed by atoms with Gasteiger partial charge in [-0.05, 0) is 30.7 Å². The zero-order valence-corrected chi connectivity index (χ0v) is 14.8. The summed E-state index contributed by atoms with van der Waals surface area (Å²) < 4.78 is 1.41. The van der Waals surface area contributed by atoms with E-state index in [4.69, 9.17) is 0 Å². The van der Waals surface area contributed by atoms with Gasteiger partial charge in [-0.3, -0.25) is 9.59 Å². The van der Waals surface area contributed by atoms with Crippen molar-refractivity contribution in [3.63, 3.8) is 0 Å². The molecule has 1 unspecified atom stereocenters. The minimum Gasteiger partial charge on any atom is -0.396 e. The van der Waals surface area contributed by atoms with Crippen molar-refractivity contribution < 1.29 is 9.90 Å². The first kappa shape index (κ1) is 17.6. The summed E-state index contributed by atoms with van der Waals surface area (Å²) in [5.41, 5.74) is 0.169. The van der Waals surface area contributed by atoms with Gasteiger partial charge >= 0.3 is 0 Å². The van der Waals surface area contributed by atoms with Gasteiger partial charge in [-0.1, -0.05) is 32.0 Å². The highest BCUT2D eigenvalue weighted by atomic mass is 16.3. The van der Waals surface area contributed by atoms with Gasteiger partial charge in [0.05, 0.1) is 5.39 Å². The molecule has 1 aliphatic rings. The molecule has 1 aromatic carbocycles. The molecule has 1 N–H and O–H groups in total. The third kappa shape index (κ3) is 3.58. The van der Waals surface area contributed by atoms with Gasteiger partial charge in [0.25, 0.3) is 11.5 Å². The molecule has 2 heterocycles. The minimum atomic E-state index is -0.160. The molecule has 6 heteroatoms. The summed E-state index contributed by atoms with van der Waals surface area (Å²) >= 11 is 0. The lowest BCUT2D eigenvalue weighted by Gasteiger charge is -2.31. The van der Waals surface area contributed by atoms with Crippen molar-refractivity contribution in [3.8, 4) is 0 Å². The fraction of sp³-hybridized carbons (Fsp3) is 0.526. The van der Waals surface area contributed by atoms with E-state index in [-0.39, 0.29) is 29.9 Å². The van der Waals surface area contributed by atoms with Crippen molar-refractivity contribution in [1.82, 2.24) is 14.7 Å². The Labute approximate surface area is 147 Å². The summed E-state index contributed by atoms with van der Waals surface area (Å²) in [6.45, 7) is 5.79. The number of benzene rings is 1. The van der Waals surface area contributed by atoms with Crippen LogP contribution in [-0.4, -0.2) is 45.4 Å². The molecule has 1 aromatic heterocycles. The van der Waals surface area contributed by atoms with Crippen LogP contribution in [0.5, 0.6) is 0 Å². The fourth-order valence-corrected chi connectivity index (χ4v) is 3.41. The van der Waals surface area contributed by atoms with Gasteiger partial charge in [-0.2, -0.15) is 5.10 Å². The molecule has 1 saturated heterocycles. The summed E-state index contributed by atoms with van der Waals surface area (Å²) in [6, 6.07) is 7.16. The van der Waals surface area contributed by atoms with E-state index in [1.165, 1.54) is 4.68 Å². The molecule has 0 saturated carbocycles. The Bertz CT molecular complexity index is 828. The molecule has 0 spiro atoms. The topological polar surface area (TPSA) is 75.4 Å². The van der Waals surface area contributed by atoms with Crippen LogP contribution in [0.1, 0.15) is 37.2 Å². The number of hydrogen-bond donors (Lipinski definition) is 1. The highest BCUT2D eigenvalue weighted by molar-refractivity contribution is 6.04. The Morgan fingerprint density at radius 2 is 2.04 bits per heavy atom. The number of likely N-dealkylation sites (tertiary alicyclic amines) is 1. The number of aliphatic hydroxyl groups is 1. The molecule has 3 rings (SSSR count). The molecule has 0 radical (unpaired) electrons. The van der Waals surface area contributed by atoms with Crippen LogP contribution in [0.15, 0.2) is 29.1 Å². The molecule has 6 nitrogen and oxygen atoms in total. The van der Waals surface area contributed by atoms with Gasteiger partial charge in [0, 0.05) is 31.6 Å².